The van der Waals surface area contributed by atoms with Crippen LogP contribution in [-0.4, -0.2) is 16.7 Å². The minimum absolute atomic E-state index is 0.287. The molecule has 3 aromatic rings. The van der Waals surface area contributed by atoms with Crippen LogP contribution in [0.4, 0.5) is 5.88 Å². The van der Waals surface area contributed by atoms with Crippen molar-refractivity contribution in [1.29, 1.82) is 0 Å². The van der Waals surface area contributed by atoms with Gasteiger partial charge in [0, 0.05) is 9.72 Å². The molecule has 1 aromatic carbocycles. The first-order valence-corrected chi connectivity index (χ1v) is 7.67. The Morgan fingerprint density at radius 1 is 1.12 bits per heavy atom. The number of rotatable bonds is 3. The number of carbonyl (C=O) groups is 2. The van der Waals surface area contributed by atoms with Gasteiger partial charge in [-0.2, -0.15) is 0 Å². The van der Waals surface area contributed by atoms with Gasteiger partial charge in [0.05, 0.1) is 10.9 Å². The number of furan rings is 1. The van der Waals surface area contributed by atoms with Crippen LogP contribution in [0.1, 0.15) is 20.2 Å². The first kappa shape index (κ1) is 16.0. The number of hydrogen-bond acceptors (Lipinski definition) is 6. The van der Waals surface area contributed by atoms with Crippen molar-refractivity contribution >= 4 is 50.7 Å². The molecule has 0 bridgehead atoms. The Morgan fingerprint density at radius 3 is 2.58 bits per heavy atom. The molecule has 3 rings (SSSR count). The van der Waals surface area contributed by atoms with Gasteiger partial charge in [-0.3, -0.25) is 30.6 Å². The van der Waals surface area contributed by atoms with E-state index in [4.69, 9.17) is 16.0 Å². The molecule has 122 valence electrons. The van der Waals surface area contributed by atoms with Gasteiger partial charge in [-0.1, -0.05) is 11.6 Å². The topological polar surface area (TPSA) is 114 Å². The zero-order valence-electron chi connectivity index (χ0n) is 11.7. The maximum Gasteiger partial charge on any atom is 0.433 e. The Hall–Kier alpha value is -2.91. The van der Waals surface area contributed by atoms with Gasteiger partial charge in [0.15, 0.2) is 0 Å². The van der Waals surface area contributed by atoms with Crippen molar-refractivity contribution < 1.29 is 18.9 Å². The SMILES string of the molecule is O=C(NNC(=O)c1cc2cc(Cl)ccc2s1)c1ccc([N+](=O)[O-])o1. The van der Waals surface area contributed by atoms with Crippen molar-refractivity contribution in [3.63, 3.8) is 0 Å². The highest BCUT2D eigenvalue weighted by atomic mass is 35.5. The summed E-state index contributed by atoms with van der Waals surface area (Å²) in [7, 11) is 0. The first-order valence-electron chi connectivity index (χ1n) is 6.48. The molecule has 0 saturated heterocycles. The number of benzene rings is 1. The molecule has 8 nitrogen and oxygen atoms in total. The lowest BCUT2D eigenvalue weighted by atomic mass is 10.2. The Kier molecular flexibility index (Phi) is 4.19. The zero-order chi connectivity index (χ0) is 17.3. The van der Waals surface area contributed by atoms with E-state index in [1.54, 1.807) is 24.3 Å². The molecule has 0 spiro atoms. The van der Waals surface area contributed by atoms with E-state index in [9.17, 15) is 19.7 Å². The largest absolute Gasteiger partial charge is 0.433 e. The molecule has 0 atom stereocenters. The van der Waals surface area contributed by atoms with Crippen LogP contribution in [0.25, 0.3) is 10.1 Å². The van der Waals surface area contributed by atoms with Crippen molar-refractivity contribution in [3.8, 4) is 0 Å². The molecule has 2 heterocycles. The van der Waals surface area contributed by atoms with Crippen molar-refractivity contribution in [2.75, 3.05) is 0 Å². The second kappa shape index (κ2) is 6.30. The van der Waals surface area contributed by atoms with E-state index < -0.39 is 22.6 Å². The summed E-state index contributed by atoms with van der Waals surface area (Å²) in [6, 6.07) is 9.07. The number of carbonyl (C=O) groups excluding carboxylic acids is 2. The summed E-state index contributed by atoms with van der Waals surface area (Å²) < 4.78 is 5.60. The minimum atomic E-state index is -0.805. The fraction of sp³-hybridized carbons (Fsp3) is 0. The summed E-state index contributed by atoms with van der Waals surface area (Å²) >= 11 is 7.13. The summed E-state index contributed by atoms with van der Waals surface area (Å²) in [4.78, 5) is 33.9. The number of nitrogens with zero attached hydrogens (tertiary/aromatic N) is 1. The molecular weight excluding hydrogens is 358 g/mol. The van der Waals surface area contributed by atoms with Crippen LogP contribution < -0.4 is 10.9 Å². The molecule has 2 aromatic heterocycles. The predicted octanol–water partition coefficient (Wildman–Crippen LogP) is 3.13. The van der Waals surface area contributed by atoms with Gasteiger partial charge in [0.2, 0.25) is 5.76 Å². The van der Waals surface area contributed by atoms with Gasteiger partial charge in [-0.05, 0) is 35.7 Å². The van der Waals surface area contributed by atoms with Crippen molar-refractivity contribution in [2.24, 2.45) is 0 Å². The molecular formula is C14H8ClN3O5S. The van der Waals surface area contributed by atoms with Gasteiger partial charge in [0.1, 0.15) is 4.92 Å². The monoisotopic (exact) mass is 365 g/mol. The normalized spacial score (nSPS) is 10.5. The summed E-state index contributed by atoms with van der Waals surface area (Å²) in [6.45, 7) is 0. The Labute approximate surface area is 143 Å². The van der Waals surface area contributed by atoms with Crippen LogP contribution in [0.2, 0.25) is 5.02 Å². The number of thiophene rings is 1. The fourth-order valence-electron chi connectivity index (χ4n) is 1.91. The Bertz CT molecular complexity index is 964. The second-order valence-electron chi connectivity index (χ2n) is 4.60. The van der Waals surface area contributed by atoms with E-state index in [1.165, 1.54) is 11.3 Å². The van der Waals surface area contributed by atoms with E-state index in [0.29, 0.717) is 9.90 Å². The number of amides is 2. The molecule has 0 aliphatic heterocycles. The average molecular weight is 366 g/mol. The van der Waals surface area contributed by atoms with Crippen LogP contribution >= 0.6 is 22.9 Å². The number of hydrogen-bond donors (Lipinski definition) is 2. The maximum absolute atomic E-state index is 12.1. The number of fused-ring (bicyclic) bond motifs is 1. The van der Waals surface area contributed by atoms with Crippen LogP contribution in [0.15, 0.2) is 40.8 Å². The molecule has 0 aliphatic carbocycles. The van der Waals surface area contributed by atoms with Crippen LogP contribution in [0, 0.1) is 10.1 Å². The van der Waals surface area contributed by atoms with Gasteiger partial charge >= 0.3 is 11.8 Å². The smallest absolute Gasteiger partial charge is 0.395 e. The Morgan fingerprint density at radius 2 is 1.88 bits per heavy atom. The molecule has 2 N–H and O–H groups in total. The van der Waals surface area contributed by atoms with E-state index >= 15 is 0 Å². The quantitative estimate of drug-likeness (QED) is 0.546. The molecule has 0 fully saturated rings. The second-order valence-corrected chi connectivity index (χ2v) is 6.12. The van der Waals surface area contributed by atoms with Crippen LogP contribution in [0.5, 0.6) is 0 Å². The predicted molar refractivity (Wildman–Crippen MR) is 87.1 cm³/mol. The number of nitro groups is 1. The first-order chi connectivity index (χ1) is 11.4. The molecule has 2 amide bonds. The van der Waals surface area contributed by atoms with Crippen LogP contribution in [-0.2, 0) is 0 Å². The minimum Gasteiger partial charge on any atom is -0.395 e. The van der Waals surface area contributed by atoms with Gasteiger partial charge < -0.3 is 4.42 Å². The summed E-state index contributed by atoms with van der Waals surface area (Å²) in [6.07, 6.45) is 0. The van der Waals surface area contributed by atoms with Gasteiger partial charge in [-0.25, -0.2) is 0 Å². The van der Waals surface area contributed by atoms with Crippen LogP contribution in [0.3, 0.4) is 0 Å². The summed E-state index contributed by atoms with van der Waals surface area (Å²) in [5, 5.41) is 11.9. The van der Waals surface area contributed by atoms with E-state index in [-0.39, 0.29) is 5.76 Å². The zero-order valence-corrected chi connectivity index (χ0v) is 13.3. The standard InChI is InChI=1S/C14H8ClN3O5S/c15-8-1-3-10-7(5-8)6-11(24-10)14(20)17-16-13(19)9-2-4-12(23-9)18(21)22/h1-6H,(H,16,19)(H,17,20). The highest BCUT2D eigenvalue weighted by Gasteiger charge is 2.18. The van der Waals surface area contributed by atoms with E-state index in [0.717, 1.165) is 22.2 Å². The van der Waals surface area contributed by atoms with E-state index in [2.05, 4.69) is 10.9 Å². The summed E-state index contributed by atoms with van der Waals surface area (Å²) in [5.74, 6) is -2.18. The average Bonchev–Trinajstić information content (AvgIpc) is 3.18. The Balaban J connectivity index is 1.67. The van der Waals surface area contributed by atoms with Gasteiger partial charge in [-0.15, -0.1) is 11.3 Å². The molecule has 0 saturated carbocycles. The third kappa shape index (κ3) is 3.21. The number of hydrazine groups is 1. The highest BCUT2D eigenvalue weighted by Crippen LogP contribution is 2.27. The van der Waals surface area contributed by atoms with Crippen molar-refractivity contribution in [2.45, 2.75) is 0 Å². The number of halogens is 1. The fourth-order valence-corrected chi connectivity index (χ4v) is 3.03. The van der Waals surface area contributed by atoms with E-state index in [1.807, 2.05) is 0 Å². The van der Waals surface area contributed by atoms with Gasteiger partial charge in [0.25, 0.3) is 5.91 Å². The lowest BCUT2D eigenvalue weighted by molar-refractivity contribution is -0.402. The lowest BCUT2D eigenvalue weighted by Gasteiger charge is -2.03. The third-order valence-electron chi connectivity index (χ3n) is 2.99. The molecule has 0 aliphatic rings. The molecule has 10 heteroatoms. The van der Waals surface area contributed by atoms with Crippen molar-refractivity contribution in [3.05, 3.63) is 62.2 Å². The molecule has 24 heavy (non-hydrogen) atoms. The lowest BCUT2D eigenvalue weighted by Crippen LogP contribution is -2.41. The number of nitrogens with one attached hydrogen (secondary N) is 2. The third-order valence-corrected chi connectivity index (χ3v) is 4.34. The molecule has 0 unspecified atom stereocenters. The van der Waals surface area contributed by atoms with Crippen molar-refractivity contribution in [1.82, 2.24) is 10.9 Å². The highest BCUT2D eigenvalue weighted by molar-refractivity contribution is 7.20. The summed E-state index contributed by atoms with van der Waals surface area (Å²) in [5.41, 5.74) is 4.35. The maximum atomic E-state index is 12.1. The molecule has 0 radical (unpaired) electrons.